The van der Waals surface area contributed by atoms with E-state index in [1.54, 1.807) is 6.26 Å². The maximum absolute atomic E-state index is 5.68. The number of hydrogen-bond acceptors (Lipinski definition) is 3. The molecule has 0 bridgehead atoms. The summed E-state index contributed by atoms with van der Waals surface area (Å²) in [5, 5.41) is 3.34. The molecule has 1 N–H and O–H groups in total. The predicted molar refractivity (Wildman–Crippen MR) is 82.3 cm³/mol. The highest BCUT2D eigenvalue weighted by Crippen LogP contribution is 2.33. The Morgan fingerprint density at radius 2 is 2.11 bits per heavy atom. The van der Waals surface area contributed by atoms with Gasteiger partial charge in [0.25, 0.3) is 0 Å². The second kappa shape index (κ2) is 7.12. The number of nitrogens with one attached hydrogen (secondary N) is 1. The Balaban J connectivity index is 2.05. The van der Waals surface area contributed by atoms with Gasteiger partial charge in [-0.25, -0.2) is 0 Å². The smallest absolute Gasteiger partial charge is 0.138 e. The molecule has 0 saturated heterocycles. The Morgan fingerprint density at radius 3 is 2.79 bits per heavy atom. The van der Waals surface area contributed by atoms with E-state index in [1.165, 1.54) is 0 Å². The third-order valence-electron chi connectivity index (χ3n) is 2.57. The Hall–Kier alpha value is -0.780. The number of halogens is 2. The van der Waals surface area contributed by atoms with Crippen LogP contribution in [0, 0.1) is 0 Å². The van der Waals surface area contributed by atoms with Crippen LogP contribution in [0.25, 0.3) is 0 Å². The molecule has 19 heavy (non-hydrogen) atoms. The van der Waals surface area contributed by atoms with E-state index in [0.29, 0.717) is 19.7 Å². The van der Waals surface area contributed by atoms with E-state index in [2.05, 4.69) is 43.2 Å². The monoisotopic (exact) mass is 387 g/mol. The molecule has 0 saturated carbocycles. The van der Waals surface area contributed by atoms with Gasteiger partial charge in [-0.15, -0.1) is 0 Å². The van der Waals surface area contributed by atoms with Crippen molar-refractivity contribution >= 4 is 31.9 Å². The molecular formula is C14H15Br2NO2. The van der Waals surface area contributed by atoms with Gasteiger partial charge in [0.1, 0.15) is 11.5 Å². The van der Waals surface area contributed by atoms with Crippen LogP contribution in [0.5, 0.6) is 5.75 Å². The summed E-state index contributed by atoms with van der Waals surface area (Å²) >= 11 is 7.03. The van der Waals surface area contributed by atoms with E-state index in [-0.39, 0.29) is 0 Å². The number of furan rings is 1. The lowest BCUT2D eigenvalue weighted by Crippen LogP contribution is -2.13. The van der Waals surface area contributed by atoms with E-state index >= 15 is 0 Å². The van der Waals surface area contributed by atoms with Crippen LogP contribution in [0.15, 0.2) is 43.9 Å². The first-order valence-corrected chi connectivity index (χ1v) is 7.63. The fourth-order valence-electron chi connectivity index (χ4n) is 1.78. The maximum Gasteiger partial charge on any atom is 0.138 e. The van der Waals surface area contributed by atoms with Gasteiger partial charge < -0.3 is 14.5 Å². The summed E-state index contributed by atoms with van der Waals surface area (Å²) in [5.41, 5.74) is 1.11. The standard InChI is InChI=1S/C14H15Br2NO2/c1-2-18-14-10(6-11(15)7-13(14)16)8-17-9-12-4-3-5-19-12/h3-7,17H,2,8-9H2,1H3. The molecule has 0 aliphatic heterocycles. The number of hydrogen-bond donors (Lipinski definition) is 1. The number of ether oxygens (including phenoxy) is 1. The van der Waals surface area contributed by atoms with Gasteiger partial charge in [-0.05, 0) is 47.1 Å². The molecule has 1 heterocycles. The molecule has 1 aromatic heterocycles. The highest BCUT2D eigenvalue weighted by molar-refractivity contribution is 9.11. The topological polar surface area (TPSA) is 34.4 Å². The zero-order valence-electron chi connectivity index (χ0n) is 10.6. The maximum atomic E-state index is 5.68. The molecule has 0 fully saturated rings. The molecule has 2 aromatic rings. The summed E-state index contributed by atoms with van der Waals surface area (Å²) in [6.45, 7) is 4.04. The molecule has 0 amide bonds. The molecule has 0 radical (unpaired) electrons. The van der Waals surface area contributed by atoms with E-state index in [1.807, 2.05) is 25.1 Å². The van der Waals surface area contributed by atoms with Gasteiger partial charge >= 0.3 is 0 Å². The lowest BCUT2D eigenvalue weighted by Gasteiger charge is -2.13. The first kappa shape index (κ1) is 14.6. The van der Waals surface area contributed by atoms with Gasteiger partial charge in [0, 0.05) is 16.6 Å². The van der Waals surface area contributed by atoms with Crippen LogP contribution in [0.2, 0.25) is 0 Å². The normalized spacial score (nSPS) is 10.7. The SMILES string of the molecule is CCOc1c(Br)cc(Br)cc1CNCc1ccco1. The summed E-state index contributed by atoms with van der Waals surface area (Å²) in [6, 6.07) is 7.89. The van der Waals surface area contributed by atoms with Crippen molar-refractivity contribution < 1.29 is 9.15 Å². The van der Waals surface area contributed by atoms with Crippen molar-refractivity contribution in [1.82, 2.24) is 5.32 Å². The van der Waals surface area contributed by atoms with Crippen molar-refractivity contribution in [2.24, 2.45) is 0 Å². The molecule has 1 aromatic carbocycles. The average Bonchev–Trinajstić information content (AvgIpc) is 2.86. The molecular weight excluding hydrogens is 374 g/mol. The van der Waals surface area contributed by atoms with Crippen LogP contribution in [0.3, 0.4) is 0 Å². The van der Waals surface area contributed by atoms with Crippen molar-refractivity contribution in [3.05, 3.63) is 50.8 Å². The van der Waals surface area contributed by atoms with E-state index in [4.69, 9.17) is 9.15 Å². The Morgan fingerprint density at radius 1 is 1.26 bits per heavy atom. The largest absolute Gasteiger partial charge is 0.492 e. The average molecular weight is 389 g/mol. The van der Waals surface area contributed by atoms with Crippen LogP contribution in [0.4, 0.5) is 0 Å². The van der Waals surface area contributed by atoms with E-state index in [9.17, 15) is 0 Å². The first-order valence-electron chi connectivity index (χ1n) is 6.04. The highest BCUT2D eigenvalue weighted by atomic mass is 79.9. The fourth-order valence-corrected chi connectivity index (χ4v) is 3.21. The Bertz CT molecular complexity index is 526. The molecule has 102 valence electrons. The van der Waals surface area contributed by atoms with Crippen molar-refractivity contribution in [2.45, 2.75) is 20.0 Å². The molecule has 2 rings (SSSR count). The van der Waals surface area contributed by atoms with Crippen molar-refractivity contribution in [1.29, 1.82) is 0 Å². The molecule has 5 heteroatoms. The summed E-state index contributed by atoms with van der Waals surface area (Å²) < 4.78 is 12.9. The van der Waals surface area contributed by atoms with Crippen LogP contribution in [-0.4, -0.2) is 6.61 Å². The van der Waals surface area contributed by atoms with E-state index in [0.717, 1.165) is 26.0 Å². The minimum atomic E-state index is 0.644. The number of rotatable bonds is 6. The van der Waals surface area contributed by atoms with Crippen LogP contribution >= 0.6 is 31.9 Å². The van der Waals surface area contributed by atoms with E-state index < -0.39 is 0 Å². The van der Waals surface area contributed by atoms with Gasteiger partial charge in [0.05, 0.1) is 23.9 Å². The summed E-state index contributed by atoms with van der Waals surface area (Å²) in [6.07, 6.45) is 1.68. The van der Waals surface area contributed by atoms with Gasteiger partial charge in [-0.2, -0.15) is 0 Å². The lowest BCUT2D eigenvalue weighted by atomic mass is 10.2. The molecule has 3 nitrogen and oxygen atoms in total. The van der Waals surface area contributed by atoms with Crippen LogP contribution < -0.4 is 10.1 Å². The summed E-state index contributed by atoms with van der Waals surface area (Å²) in [7, 11) is 0. The first-order chi connectivity index (χ1) is 9.20. The third-order valence-corrected chi connectivity index (χ3v) is 3.62. The zero-order valence-corrected chi connectivity index (χ0v) is 13.8. The third kappa shape index (κ3) is 4.09. The second-order valence-corrected chi connectivity index (χ2v) is 5.76. The van der Waals surface area contributed by atoms with Gasteiger partial charge in [-0.1, -0.05) is 15.9 Å². The highest BCUT2D eigenvalue weighted by Gasteiger charge is 2.09. The summed E-state index contributed by atoms with van der Waals surface area (Å²) in [4.78, 5) is 0. The second-order valence-electron chi connectivity index (χ2n) is 3.99. The molecule has 0 aliphatic carbocycles. The Kier molecular flexibility index (Phi) is 5.48. The van der Waals surface area contributed by atoms with Crippen LogP contribution in [-0.2, 0) is 13.1 Å². The van der Waals surface area contributed by atoms with Gasteiger partial charge in [0.2, 0.25) is 0 Å². The minimum Gasteiger partial charge on any atom is -0.492 e. The van der Waals surface area contributed by atoms with Crippen molar-refractivity contribution in [3.8, 4) is 5.75 Å². The lowest BCUT2D eigenvalue weighted by molar-refractivity contribution is 0.333. The molecule has 0 unspecified atom stereocenters. The molecule has 0 atom stereocenters. The van der Waals surface area contributed by atoms with Crippen molar-refractivity contribution in [2.75, 3.05) is 6.61 Å². The molecule has 0 aliphatic rings. The van der Waals surface area contributed by atoms with Crippen molar-refractivity contribution in [3.63, 3.8) is 0 Å². The molecule has 0 spiro atoms. The fraction of sp³-hybridized carbons (Fsp3) is 0.286. The van der Waals surface area contributed by atoms with Gasteiger partial charge in [0.15, 0.2) is 0 Å². The minimum absolute atomic E-state index is 0.644. The zero-order chi connectivity index (χ0) is 13.7. The number of benzene rings is 1. The quantitative estimate of drug-likeness (QED) is 0.791. The Labute approximate surface area is 129 Å². The van der Waals surface area contributed by atoms with Crippen LogP contribution in [0.1, 0.15) is 18.2 Å². The summed E-state index contributed by atoms with van der Waals surface area (Å²) in [5.74, 6) is 1.81. The van der Waals surface area contributed by atoms with Gasteiger partial charge in [-0.3, -0.25) is 0 Å². The predicted octanol–water partition coefficient (Wildman–Crippen LogP) is 4.49.